The van der Waals surface area contributed by atoms with Gasteiger partial charge < -0.3 is 25.4 Å². The predicted molar refractivity (Wildman–Crippen MR) is 200 cm³/mol. The molecular formula is C39H41N3O6S2. The highest BCUT2D eigenvalue weighted by Gasteiger charge is 2.28. The Labute approximate surface area is 300 Å². The van der Waals surface area contributed by atoms with Gasteiger partial charge >= 0.3 is 5.97 Å². The van der Waals surface area contributed by atoms with Crippen LogP contribution in [0, 0.1) is 0 Å². The molecule has 0 fully saturated rings. The van der Waals surface area contributed by atoms with Crippen molar-refractivity contribution >= 4 is 63.6 Å². The molecule has 1 heterocycles. The monoisotopic (exact) mass is 711 g/mol. The fraction of sp³-hybridized carbons (Fsp3) is 0.282. The molecule has 11 heteroatoms. The normalized spacial score (nSPS) is 13.3. The molecule has 9 nitrogen and oxygen atoms in total. The van der Waals surface area contributed by atoms with Crippen LogP contribution >= 0.6 is 23.1 Å². The molecule has 0 saturated heterocycles. The number of rotatable bonds is 13. The zero-order chi connectivity index (χ0) is 35.5. The Morgan fingerprint density at radius 1 is 0.880 bits per heavy atom. The minimum atomic E-state index is -0.516. The third kappa shape index (κ3) is 9.64. The topological polar surface area (TPSA) is 123 Å². The molecule has 260 valence electrons. The standard InChI is InChI=1S/C39H41N3O6S2/c1-4-47-29-21-19-26(20-22-29)23-32(41-36(44)27-13-8-6-9-14-27)37(45)40-28-15-12-16-30(24-28)49-25(3)35(43)42-38-34(39(46)48-5-2)31-17-10-7-11-18-33(31)50-38/h6,8-9,12-16,19-25H,4-5,7,10-11,17-18H2,1-3H3,(H,40,45)(H,41,44)(H,42,43)/b32-23+. The molecule has 1 aliphatic rings. The van der Waals surface area contributed by atoms with Crippen molar-refractivity contribution < 1.29 is 28.7 Å². The average Bonchev–Trinajstić information content (AvgIpc) is 3.29. The van der Waals surface area contributed by atoms with Gasteiger partial charge in [0.05, 0.1) is 24.0 Å². The number of hydrogen-bond donors (Lipinski definition) is 3. The van der Waals surface area contributed by atoms with E-state index in [1.807, 2.05) is 19.1 Å². The van der Waals surface area contributed by atoms with E-state index < -0.39 is 23.0 Å². The zero-order valence-electron chi connectivity index (χ0n) is 28.4. The van der Waals surface area contributed by atoms with E-state index in [1.165, 1.54) is 23.1 Å². The van der Waals surface area contributed by atoms with Crippen LogP contribution in [0.3, 0.4) is 0 Å². The summed E-state index contributed by atoms with van der Waals surface area (Å²) < 4.78 is 10.9. The van der Waals surface area contributed by atoms with Crippen LogP contribution in [0.4, 0.5) is 10.7 Å². The van der Waals surface area contributed by atoms with Gasteiger partial charge in [0.25, 0.3) is 11.8 Å². The molecule has 0 saturated carbocycles. The van der Waals surface area contributed by atoms with E-state index in [0.29, 0.717) is 39.7 Å². The number of aryl methyl sites for hydroxylation is 1. The molecule has 0 aliphatic heterocycles. The van der Waals surface area contributed by atoms with E-state index in [2.05, 4.69) is 16.0 Å². The number of thioether (sulfide) groups is 1. The molecule has 0 spiro atoms. The molecule has 1 aliphatic carbocycles. The second-order valence-electron chi connectivity index (χ2n) is 11.6. The summed E-state index contributed by atoms with van der Waals surface area (Å²) in [7, 11) is 0. The second-order valence-corrected chi connectivity index (χ2v) is 14.1. The average molecular weight is 712 g/mol. The number of ether oxygens (including phenoxy) is 2. The summed E-state index contributed by atoms with van der Waals surface area (Å²) >= 11 is 2.80. The molecular weight excluding hydrogens is 671 g/mol. The van der Waals surface area contributed by atoms with Gasteiger partial charge in [0.1, 0.15) is 16.4 Å². The molecule has 0 radical (unpaired) electrons. The SMILES string of the molecule is CCOC(=O)c1c(NC(=O)C(C)Sc2cccc(NC(=O)/C(=C\c3ccc(OCC)cc3)NC(=O)c3ccccc3)c2)sc2c1CCCCC2. The van der Waals surface area contributed by atoms with E-state index in [4.69, 9.17) is 9.47 Å². The van der Waals surface area contributed by atoms with Crippen molar-refractivity contribution in [2.24, 2.45) is 0 Å². The van der Waals surface area contributed by atoms with Crippen LogP contribution in [0.1, 0.15) is 76.8 Å². The summed E-state index contributed by atoms with van der Waals surface area (Å²) in [4.78, 5) is 54.9. The van der Waals surface area contributed by atoms with Gasteiger partial charge in [-0.3, -0.25) is 14.4 Å². The number of amides is 3. The summed E-state index contributed by atoms with van der Waals surface area (Å²) in [5.41, 5.74) is 3.14. The Bertz CT molecular complexity index is 1850. The number of thiophene rings is 1. The van der Waals surface area contributed by atoms with E-state index in [9.17, 15) is 19.2 Å². The van der Waals surface area contributed by atoms with Gasteiger partial charge in [-0.05, 0) is 106 Å². The van der Waals surface area contributed by atoms with E-state index in [-0.39, 0.29) is 18.2 Å². The Morgan fingerprint density at radius 2 is 1.64 bits per heavy atom. The Balaban J connectivity index is 1.30. The van der Waals surface area contributed by atoms with Gasteiger partial charge in [0.2, 0.25) is 5.91 Å². The second kappa shape index (κ2) is 17.7. The Kier molecular flexibility index (Phi) is 12.9. The van der Waals surface area contributed by atoms with Gasteiger partial charge in [-0.2, -0.15) is 0 Å². The largest absolute Gasteiger partial charge is 0.494 e. The van der Waals surface area contributed by atoms with Crippen molar-refractivity contribution in [1.82, 2.24) is 5.32 Å². The number of fused-ring (bicyclic) bond motifs is 1. The van der Waals surface area contributed by atoms with E-state index in [1.54, 1.807) is 86.7 Å². The third-order valence-corrected chi connectivity index (χ3v) is 10.2. The third-order valence-electron chi connectivity index (χ3n) is 7.94. The Morgan fingerprint density at radius 3 is 2.38 bits per heavy atom. The highest BCUT2D eigenvalue weighted by molar-refractivity contribution is 8.00. The van der Waals surface area contributed by atoms with Crippen molar-refractivity contribution in [3.63, 3.8) is 0 Å². The van der Waals surface area contributed by atoms with Crippen LogP contribution < -0.4 is 20.7 Å². The first-order valence-electron chi connectivity index (χ1n) is 16.8. The minimum absolute atomic E-state index is 0.0561. The number of esters is 1. The number of benzene rings is 3. The lowest BCUT2D eigenvalue weighted by molar-refractivity contribution is -0.115. The molecule has 1 atom stereocenters. The molecule has 0 bridgehead atoms. The molecule has 3 N–H and O–H groups in total. The number of anilines is 2. The maximum absolute atomic E-state index is 13.6. The smallest absolute Gasteiger partial charge is 0.341 e. The number of hydrogen-bond acceptors (Lipinski definition) is 8. The van der Waals surface area contributed by atoms with Gasteiger partial charge in [-0.15, -0.1) is 23.1 Å². The summed E-state index contributed by atoms with van der Waals surface area (Å²) in [5.74, 6) is -0.876. The molecule has 5 rings (SSSR count). The first kappa shape index (κ1) is 36.4. The van der Waals surface area contributed by atoms with Gasteiger partial charge in [0.15, 0.2) is 0 Å². The molecule has 4 aromatic rings. The first-order valence-corrected chi connectivity index (χ1v) is 18.5. The first-order chi connectivity index (χ1) is 24.2. The van der Waals surface area contributed by atoms with Crippen molar-refractivity contribution in [2.45, 2.75) is 63.0 Å². The van der Waals surface area contributed by atoms with Gasteiger partial charge in [-0.25, -0.2) is 4.79 Å². The molecule has 3 amide bonds. The minimum Gasteiger partial charge on any atom is -0.494 e. The molecule has 1 aromatic heterocycles. The van der Waals surface area contributed by atoms with Crippen molar-refractivity contribution in [3.05, 3.63) is 112 Å². The van der Waals surface area contributed by atoms with Crippen LogP contribution in [0.25, 0.3) is 6.08 Å². The molecule has 50 heavy (non-hydrogen) atoms. The van der Waals surface area contributed by atoms with Gasteiger partial charge in [-0.1, -0.05) is 42.8 Å². The van der Waals surface area contributed by atoms with Crippen LogP contribution in [-0.2, 0) is 27.2 Å². The fourth-order valence-corrected chi connectivity index (χ4v) is 7.71. The lowest BCUT2D eigenvalue weighted by Crippen LogP contribution is -2.30. The predicted octanol–water partition coefficient (Wildman–Crippen LogP) is 8.12. The lowest BCUT2D eigenvalue weighted by Gasteiger charge is -2.14. The van der Waals surface area contributed by atoms with Crippen LogP contribution in [0.2, 0.25) is 0 Å². The highest BCUT2D eigenvalue weighted by atomic mass is 32.2. The van der Waals surface area contributed by atoms with Crippen molar-refractivity contribution in [2.75, 3.05) is 23.8 Å². The van der Waals surface area contributed by atoms with Crippen LogP contribution in [0.15, 0.2) is 89.5 Å². The zero-order valence-corrected chi connectivity index (χ0v) is 30.0. The Hall–Kier alpha value is -4.87. The highest BCUT2D eigenvalue weighted by Crippen LogP contribution is 2.38. The van der Waals surface area contributed by atoms with Crippen LogP contribution in [-0.4, -0.2) is 42.2 Å². The summed E-state index contributed by atoms with van der Waals surface area (Å²) in [6.45, 7) is 6.26. The maximum atomic E-state index is 13.6. The van der Waals surface area contributed by atoms with E-state index in [0.717, 1.165) is 47.4 Å². The summed E-state index contributed by atoms with van der Waals surface area (Å²) in [6.07, 6.45) is 6.46. The molecule has 3 aromatic carbocycles. The van der Waals surface area contributed by atoms with Gasteiger partial charge in [0, 0.05) is 21.0 Å². The lowest BCUT2D eigenvalue weighted by atomic mass is 10.1. The van der Waals surface area contributed by atoms with Crippen molar-refractivity contribution in [1.29, 1.82) is 0 Å². The quantitative estimate of drug-likeness (QED) is 0.0554. The fourth-order valence-electron chi connectivity index (χ4n) is 5.50. The van der Waals surface area contributed by atoms with Crippen LogP contribution in [0.5, 0.6) is 5.75 Å². The molecule has 1 unspecified atom stereocenters. The van der Waals surface area contributed by atoms with Crippen molar-refractivity contribution in [3.8, 4) is 5.75 Å². The maximum Gasteiger partial charge on any atom is 0.341 e. The summed E-state index contributed by atoms with van der Waals surface area (Å²) in [5, 5.41) is 8.68. The summed E-state index contributed by atoms with van der Waals surface area (Å²) in [6, 6.07) is 23.0. The number of carbonyl (C=O) groups excluding carboxylic acids is 4. The number of carbonyl (C=O) groups is 4. The van der Waals surface area contributed by atoms with E-state index >= 15 is 0 Å². The number of nitrogens with one attached hydrogen (secondary N) is 3.